The summed E-state index contributed by atoms with van der Waals surface area (Å²) >= 11 is 1.55. The number of H-pyrrole nitrogens is 1. The number of aromatic nitrogens is 4. The third kappa shape index (κ3) is 2.61. The first kappa shape index (κ1) is 14.0. The number of nitrogens with one attached hydrogen (secondary N) is 1. The molecule has 3 heterocycles. The number of aromatic amines is 1. The topological polar surface area (TPSA) is 101 Å². The summed E-state index contributed by atoms with van der Waals surface area (Å²) in [6.45, 7) is 0. The van der Waals surface area contributed by atoms with Crippen LogP contribution in [0, 0.1) is 0 Å². The van der Waals surface area contributed by atoms with Gasteiger partial charge in [-0.25, -0.2) is 15.0 Å². The van der Waals surface area contributed by atoms with Crippen LogP contribution in [-0.2, 0) is 16.6 Å². The van der Waals surface area contributed by atoms with Crippen molar-refractivity contribution >= 4 is 44.7 Å². The second-order valence-electron chi connectivity index (χ2n) is 4.65. The molecular weight excluding hydrogens is 308 g/mol. The lowest BCUT2D eigenvalue weighted by atomic mass is 10.3. The minimum Gasteiger partial charge on any atom is -0.394 e. The number of hydrogen-bond acceptors (Lipinski definition) is 7. The molecule has 110 valence electrons. The SMILES string of the molecule is CN(C)c1ncnc(CS(=O)c2nc3cscc3[nH]2)c1N. The summed E-state index contributed by atoms with van der Waals surface area (Å²) in [5.41, 5.74) is 8.77. The first-order valence-corrected chi connectivity index (χ1v) is 8.39. The van der Waals surface area contributed by atoms with Gasteiger partial charge in [0, 0.05) is 24.9 Å². The largest absolute Gasteiger partial charge is 0.394 e. The van der Waals surface area contributed by atoms with Gasteiger partial charge in [0.1, 0.15) is 11.8 Å². The van der Waals surface area contributed by atoms with Crippen molar-refractivity contribution in [3.63, 3.8) is 0 Å². The molecule has 21 heavy (non-hydrogen) atoms. The number of nitrogens with two attached hydrogens (primary N) is 1. The summed E-state index contributed by atoms with van der Waals surface area (Å²) in [5.74, 6) is 0.825. The summed E-state index contributed by atoms with van der Waals surface area (Å²) in [4.78, 5) is 17.4. The molecule has 1 atom stereocenters. The lowest BCUT2D eigenvalue weighted by Gasteiger charge is -2.15. The second kappa shape index (κ2) is 5.41. The van der Waals surface area contributed by atoms with E-state index in [2.05, 4.69) is 19.9 Å². The highest BCUT2D eigenvalue weighted by Gasteiger charge is 2.16. The number of hydrogen-bond donors (Lipinski definition) is 2. The fraction of sp³-hybridized carbons (Fsp3) is 0.250. The van der Waals surface area contributed by atoms with E-state index in [-0.39, 0.29) is 5.75 Å². The predicted octanol–water partition coefficient (Wildman–Crippen LogP) is 1.37. The Balaban J connectivity index is 1.88. The van der Waals surface area contributed by atoms with Gasteiger partial charge in [-0.1, -0.05) is 0 Å². The number of fused-ring (bicyclic) bond motifs is 1. The Morgan fingerprint density at radius 2 is 2.19 bits per heavy atom. The van der Waals surface area contributed by atoms with Gasteiger partial charge in [0.15, 0.2) is 11.0 Å². The van der Waals surface area contributed by atoms with E-state index in [0.29, 0.717) is 22.4 Å². The van der Waals surface area contributed by atoms with Crippen LogP contribution in [-0.4, -0.2) is 38.2 Å². The minimum atomic E-state index is -1.33. The zero-order valence-corrected chi connectivity index (χ0v) is 13.2. The molecule has 0 aliphatic carbocycles. The zero-order valence-electron chi connectivity index (χ0n) is 11.5. The molecule has 1 unspecified atom stereocenters. The van der Waals surface area contributed by atoms with Crippen LogP contribution in [0.1, 0.15) is 5.69 Å². The van der Waals surface area contributed by atoms with Gasteiger partial charge >= 0.3 is 0 Å². The average Bonchev–Trinajstić information content (AvgIpc) is 3.01. The first-order valence-electron chi connectivity index (χ1n) is 6.13. The van der Waals surface area contributed by atoms with Crippen molar-refractivity contribution in [3.05, 3.63) is 22.8 Å². The molecule has 0 aliphatic rings. The smallest absolute Gasteiger partial charge is 0.197 e. The Hall–Kier alpha value is -2.00. The molecule has 0 fully saturated rings. The third-order valence-corrected chi connectivity index (χ3v) is 4.85. The van der Waals surface area contributed by atoms with E-state index >= 15 is 0 Å². The third-order valence-electron chi connectivity index (χ3n) is 2.96. The lowest BCUT2D eigenvalue weighted by Crippen LogP contribution is -2.15. The van der Waals surface area contributed by atoms with Gasteiger partial charge in [0.05, 0.1) is 33.5 Å². The van der Waals surface area contributed by atoms with Gasteiger partial charge in [0.25, 0.3) is 0 Å². The van der Waals surface area contributed by atoms with Crippen molar-refractivity contribution in [1.82, 2.24) is 19.9 Å². The number of thiophene rings is 1. The predicted molar refractivity (Wildman–Crippen MR) is 84.9 cm³/mol. The summed E-state index contributed by atoms with van der Waals surface area (Å²) in [5, 5.41) is 4.29. The molecule has 0 aromatic carbocycles. The summed E-state index contributed by atoms with van der Waals surface area (Å²) in [6, 6.07) is 0. The first-order chi connectivity index (χ1) is 10.1. The molecule has 0 saturated heterocycles. The van der Waals surface area contributed by atoms with Crippen LogP contribution in [0.5, 0.6) is 0 Å². The summed E-state index contributed by atoms with van der Waals surface area (Å²) < 4.78 is 12.4. The average molecular weight is 322 g/mol. The maximum atomic E-state index is 12.4. The van der Waals surface area contributed by atoms with E-state index in [9.17, 15) is 4.21 Å². The van der Waals surface area contributed by atoms with E-state index in [1.54, 1.807) is 16.2 Å². The van der Waals surface area contributed by atoms with Crippen LogP contribution in [0.25, 0.3) is 11.0 Å². The molecule has 0 spiro atoms. The van der Waals surface area contributed by atoms with E-state index in [1.807, 2.05) is 24.9 Å². The molecule has 3 aromatic heterocycles. The van der Waals surface area contributed by atoms with Crippen molar-refractivity contribution < 1.29 is 4.21 Å². The highest BCUT2D eigenvalue weighted by Crippen LogP contribution is 2.23. The lowest BCUT2D eigenvalue weighted by molar-refractivity contribution is 0.677. The Morgan fingerprint density at radius 1 is 1.38 bits per heavy atom. The maximum absolute atomic E-state index is 12.4. The Labute approximate surface area is 127 Å². The molecule has 0 radical (unpaired) electrons. The van der Waals surface area contributed by atoms with Crippen LogP contribution in [0.15, 0.2) is 22.2 Å². The molecule has 7 nitrogen and oxygen atoms in total. The minimum absolute atomic E-state index is 0.203. The number of anilines is 2. The molecule has 0 aliphatic heterocycles. The monoisotopic (exact) mass is 322 g/mol. The molecule has 3 aromatic rings. The van der Waals surface area contributed by atoms with Gasteiger partial charge in [-0.15, -0.1) is 11.3 Å². The zero-order chi connectivity index (χ0) is 15.0. The number of rotatable bonds is 4. The van der Waals surface area contributed by atoms with Gasteiger partial charge in [-0.3, -0.25) is 4.21 Å². The Kier molecular flexibility index (Phi) is 3.60. The van der Waals surface area contributed by atoms with Gasteiger partial charge < -0.3 is 15.6 Å². The van der Waals surface area contributed by atoms with E-state index < -0.39 is 10.8 Å². The molecular formula is C12H14N6OS2. The highest BCUT2D eigenvalue weighted by atomic mass is 32.2. The van der Waals surface area contributed by atoms with E-state index in [0.717, 1.165) is 11.0 Å². The summed E-state index contributed by atoms with van der Waals surface area (Å²) in [7, 11) is 2.37. The number of nitrogen functional groups attached to an aromatic ring is 1. The normalized spacial score (nSPS) is 12.7. The van der Waals surface area contributed by atoms with Crippen LogP contribution in [0.2, 0.25) is 0 Å². The Bertz CT molecular complexity index is 781. The van der Waals surface area contributed by atoms with Crippen LogP contribution in [0.4, 0.5) is 11.5 Å². The molecule has 9 heteroatoms. The van der Waals surface area contributed by atoms with Crippen LogP contribution < -0.4 is 10.6 Å². The molecule has 0 amide bonds. The fourth-order valence-corrected chi connectivity index (χ4v) is 3.65. The van der Waals surface area contributed by atoms with Crippen molar-refractivity contribution in [2.45, 2.75) is 10.9 Å². The van der Waals surface area contributed by atoms with Gasteiger partial charge in [-0.2, -0.15) is 0 Å². The Morgan fingerprint density at radius 3 is 2.90 bits per heavy atom. The van der Waals surface area contributed by atoms with Crippen molar-refractivity contribution in [1.29, 1.82) is 0 Å². The number of nitrogens with zero attached hydrogens (tertiary/aromatic N) is 4. The van der Waals surface area contributed by atoms with E-state index in [4.69, 9.17) is 5.73 Å². The van der Waals surface area contributed by atoms with E-state index in [1.165, 1.54) is 6.33 Å². The van der Waals surface area contributed by atoms with Gasteiger partial charge in [-0.05, 0) is 0 Å². The maximum Gasteiger partial charge on any atom is 0.197 e. The van der Waals surface area contributed by atoms with Crippen molar-refractivity contribution in [2.24, 2.45) is 0 Å². The van der Waals surface area contributed by atoms with Crippen molar-refractivity contribution in [3.8, 4) is 0 Å². The van der Waals surface area contributed by atoms with Crippen molar-refractivity contribution in [2.75, 3.05) is 24.7 Å². The fourth-order valence-electron chi connectivity index (χ4n) is 1.92. The molecule has 3 N–H and O–H groups in total. The molecule has 3 rings (SSSR count). The molecule has 0 bridgehead atoms. The summed E-state index contributed by atoms with van der Waals surface area (Å²) in [6.07, 6.45) is 1.43. The van der Waals surface area contributed by atoms with Gasteiger partial charge in [0.2, 0.25) is 0 Å². The quantitative estimate of drug-likeness (QED) is 0.752. The molecule has 0 saturated carbocycles. The van der Waals surface area contributed by atoms with Crippen LogP contribution >= 0.6 is 11.3 Å². The highest BCUT2D eigenvalue weighted by molar-refractivity contribution is 7.84. The van der Waals surface area contributed by atoms with Crippen LogP contribution in [0.3, 0.4) is 0 Å². The number of imidazole rings is 1. The standard InChI is InChI=1S/C12H14N6OS2/c1-18(2)11-10(13)9(14-6-15-11)5-21(19)12-16-7-3-20-4-8(7)17-12/h3-4,6H,5,13H2,1-2H3,(H,16,17). The second-order valence-corrected chi connectivity index (χ2v) is 6.76.